The number of hydrogen-bond donors (Lipinski definition) is 1. The van der Waals surface area contributed by atoms with Crippen LogP contribution < -0.4 is 10.1 Å². The second-order valence-electron chi connectivity index (χ2n) is 6.64. The molecule has 2 aromatic carbocycles. The van der Waals surface area contributed by atoms with E-state index in [0.717, 1.165) is 16.7 Å². The van der Waals surface area contributed by atoms with Crippen LogP contribution in [0.3, 0.4) is 0 Å². The fourth-order valence-electron chi connectivity index (χ4n) is 2.77. The molecule has 2 amide bonds. The van der Waals surface area contributed by atoms with Crippen molar-refractivity contribution in [2.75, 3.05) is 7.05 Å². The molecular formula is C21H24F2N2O3. The molecule has 0 bridgehead atoms. The number of aryl methyl sites for hydroxylation is 1. The van der Waals surface area contributed by atoms with Gasteiger partial charge in [-0.05, 0) is 30.2 Å². The van der Waals surface area contributed by atoms with Crippen LogP contribution in [0.4, 0.5) is 8.78 Å². The van der Waals surface area contributed by atoms with Crippen molar-refractivity contribution in [3.63, 3.8) is 0 Å². The first-order chi connectivity index (χ1) is 13.2. The van der Waals surface area contributed by atoms with Crippen LogP contribution in [0, 0.1) is 6.92 Å². The number of hydrogen-bond acceptors (Lipinski definition) is 3. The smallest absolute Gasteiger partial charge is 0.387 e. The normalized spacial score (nSPS) is 11.8. The zero-order chi connectivity index (χ0) is 20.7. The fraction of sp³-hybridized carbons (Fsp3) is 0.333. The predicted octanol–water partition coefficient (Wildman–Crippen LogP) is 3.82. The topological polar surface area (TPSA) is 58.6 Å². The quantitative estimate of drug-likeness (QED) is 0.745. The van der Waals surface area contributed by atoms with E-state index in [0.29, 0.717) is 6.54 Å². The van der Waals surface area contributed by atoms with Gasteiger partial charge < -0.3 is 15.0 Å². The first-order valence-electron chi connectivity index (χ1n) is 8.86. The molecule has 0 radical (unpaired) electrons. The fourth-order valence-corrected chi connectivity index (χ4v) is 2.77. The summed E-state index contributed by atoms with van der Waals surface area (Å²) >= 11 is 0. The molecular weight excluding hydrogens is 366 g/mol. The number of halogens is 2. The summed E-state index contributed by atoms with van der Waals surface area (Å²) in [6, 6.07) is 13.4. The highest BCUT2D eigenvalue weighted by Gasteiger charge is 2.20. The number of rotatable bonds is 8. The Morgan fingerprint density at radius 2 is 1.68 bits per heavy atom. The molecule has 0 aliphatic carbocycles. The van der Waals surface area contributed by atoms with Crippen LogP contribution in [0.1, 0.15) is 36.1 Å². The van der Waals surface area contributed by atoms with Crippen molar-refractivity contribution in [2.24, 2.45) is 0 Å². The molecule has 0 aliphatic heterocycles. The molecule has 0 aliphatic rings. The molecule has 1 unspecified atom stereocenters. The summed E-state index contributed by atoms with van der Waals surface area (Å²) in [6.07, 6.45) is 0.117. The second kappa shape index (κ2) is 9.82. The van der Waals surface area contributed by atoms with E-state index in [1.807, 2.05) is 31.2 Å². The minimum atomic E-state index is -2.87. The third-order valence-electron chi connectivity index (χ3n) is 4.23. The Hall–Kier alpha value is -2.96. The number of carbonyl (C=O) groups is 2. The van der Waals surface area contributed by atoms with Crippen molar-refractivity contribution in [2.45, 2.75) is 39.5 Å². The monoisotopic (exact) mass is 390 g/mol. The van der Waals surface area contributed by atoms with Crippen LogP contribution in [0.25, 0.3) is 0 Å². The lowest BCUT2D eigenvalue weighted by Crippen LogP contribution is -2.33. The zero-order valence-electron chi connectivity index (χ0n) is 16.1. The number of amides is 2. The SMILES string of the molecule is CC(=O)NC(CC(=O)N(C)Cc1ccc(OC(F)F)cc1)c1ccc(C)cc1. The number of benzene rings is 2. The molecule has 5 nitrogen and oxygen atoms in total. The first kappa shape index (κ1) is 21.3. The van der Waals surface area contributed by atoms with E-state index >= 15 is 0 Å². The molecule has 0 spiro atoms. The van der Waals surface area contributed by atoms with Crippen molar-refractivity contribution >= 4 is 11.8 Å². The van der Waals surface area contributed by atoms with Crippen molar-refractivity contribution in [3.05, 3.63) is 65.2 Å². The summed E-state index contributed by atoms with van der Waals surface area (Å²) in [7, 11) is 1.66. The van der Waals surface area contributed by atoms with Gasteiger partial charge in [0.15, 0.2) is 0 Å². The van der Waals surface area contributed by atoms with Crippen LogP contribution >= 0.6 is 0 Å². The molecule has 7 heteroatoms. The molecule has 2 rings (SSSR count). The Labute approximate surface area is 163 Å². The van der Waals surface area contributed by atoms with Crippen LogP contribution in [-0.2, 0) is 16.1 Å². The maximum absolute atomic E-state index is 12.6. The highest BCUT2D eigenvalue weighted by Crippen LogP contribution is 2.20. The number of carbonyl (C=O) groups excluding carboxylic acids is 2. The van der Waals surface area contributed by atoms with Gasteiger partial charge in [0.05, 0.1) is 12.5 Å². The number of alkyl halides is 2. The Morgan fingerprint density at radius 3 is 2.21 bits per heavy atom. The summed E-state index contributed by atoms with van der Waals surface area (Å²) in [5.74, 6) is -0.291. The molecule has 0 saturated carbocycles. The Kier molecular flexibility index (Phi) is 7.49. The minimum Gasteiger partial charge on any atom is -0.435 e. The Morgan fingerprint density at radius 1 is 1.07 bits per heavy atom. The van der Waals surface area contributed by atoms with E-state index in [4.69, 9.17) is 0 Å². The van der Waals surface area contributed by atoms with Crippen LogP contribution in [0.5, 0.6) is 5.75 Å². The molecule has 0 fully saturated rings. The molecule has 1 atom stereocenters. The van der Waals surface area contributed by atoms with E-state index in [9.17, 15) is 18.4 Å². The molecule has 28 heavy (non-hydrogen) atoms. The van der Waals surface area contributed by atoms with Crippen molar-refractivity contribution in [3.8, 4) is 5.75 Å². The maximum Gasteiger partial charge on any atom is 0.387 e. The second-order valence-corrected chi connectivity index (χ2v) is 6.64. The number of nitrogens with one attached hydrogen (secondary N) is 1. The zero-order valence-corrected chi connectivity index (χ0v) is 16.1. The third-order valence-corrected chi connectivity index (χ3v) is 4.23. The van der Waals surface area contributed by atoms with Gasteiger partial charge in [-0.2, -0.15) is 8.78 Å². The highest BCUT2D eigenvalue weighted by atomic mass is 19.3. The van der Waals surface area contributed by atoms with Crippen LogP contribution in [0.15, 0.2) is 48.5 Å². The van der Waals surface area contributed by atoms with Gasteiger partial charge in [0.1, 0.15) is 5.75 Å². The van der Waals surface area contributed by atoms with E-state index in [2.05, 4.69) is 10.1 Å². The molecule has 2 aromatic rings. The van der Waals surface area contributed by atoms with Gasteiger partial charge in [0.2, 0.25) is 11.8 Å². The predicted molar refractivity (Wildman–Crippen MR) is 102 cm³/mol. The van der Waals surface area contributed by atoms with Crippen molar-refractivity contribution in [1.29, 1.82) is 0 Å². The van der Waals surface area contributed by atoms with Gasteiger partial charge in [-0.15, -0.1) is 0 Å². The molecule has 150 valence electrons. The Balaban J connectivity index is 2.01. The number of ether oxygens (including phenoxy) is 1. The Bertz CT molecular complexity index is 792. The average molecular weight is 390 g/mol. The molecule has 0 saturated heterocycles. The van der Waals surface area contributed by atoms with Gasteiger partial charge in [-0.1, -0.05) is 42.0 Å². The third kappa shape index (κ3) is 6.64. The lowest BCUT2D eigenvalue weighted by molar-refractivity contribution is -0.131. The van der Waals surface area contributed by atoms with E-state index in [-0.39, 0.29) is 24.0 Å². The largest absolute Gasteiger partial charge is 0.435 e. The molecule has 1 N–H and O–H groups in total. The van der Waals surface area contributed by atoms with E-state index in [1.54, 1.807) is 19.2 Å². The van der Waals surface area contributed by atoms with E-state index < -0.39 is 12.7 Å². The van der Waals surface area contributed by atoms with Crippen LogP contribution in [0.2, 0.25) is 0 Å². The van der Waals surface area contributed by atoms with Gasteiger partial charge in [0, 0.05) is 20.5 Å². The highest BCUT2D eigenvalue weighted by molar-refractivity contribution is 5.79. The van der Waals surface area contributed by atoms with Crippen molar-refractivity contribution < 1.29 is 23.1 Å². The number of nitrogens with zero attached hydrogens (tertiary/aromatic N) is 1. The van der Waals surface area contributed by atoms with Gasteiger partial charge in [0.25, 0.3) is 0 Å². The van der Waals surface area contributed by atoms with E-state index in [1.165, 1.54) is 24.0 Å². The average Bonchev–Trinajstić information content (AvgIpc) is 2.62. The molecule has 0 aromatic heterocycles. The lowest BCUT2D eigenvalue weighted by Gasteiger charge is -2.23. The first-order valence-corrected chi connectivity index (χ1v) is 8.86. The van der Waals surface area contributed by atoms with Gasteiger partial charge >= 0.3 is 6.61 Å². The molecule has 0 heterocycles. The minimum absolute atomic E-state index is 0.0674. The summed E-state index contributed by atoms with van der Waals surface area (Å²) in [5.41, 5.74) is 2.73. The van der Waals surface area contributed by atoms with Crippen LogP contribution in [-0.4, -0.2) is 30.4 Å². The van der Waals surface area contributed by atoms with Gasteiger partial charge in [-0.25, -0.2) is 0 Å². The van der Waals surface area contributed by atoms with Gasteiger partial charge in [-0.3, -0.25) is 9.59 Å². The standard InChI is InChI=1S/C21H24F2N2O3/c1-14-4-8-17(9-5-14)19(24-15(2)26)12-20(27)25(3)13-16-6-10-18(11-7-16)28-21(22)23/h4-11,19,21H,12-13H2,1-3H3,(H,24,26). The van der Waals surface area contributed by atoms with Crippen molar-refractivity contribution in [1.82, 2.24) is 10.2 Å². The summed E-state index contributed by atoms with van der Waals surface area (Å²) in [4.78, 5) is 25.7. The maximum atomic E-state index is 12.6. The summed E-state index contributed by atoms with van der Waals surface area (Å²) in [6.45, 7) is 0.822. The summed E-state index contributed by atoms with van der Waals surface area (Å²) < 4.78 is 28.7. The lowest BCUT2D eigenvalue weighted by atomic mass is 10.0. The summed E-state index contributed by atoms with van der Waals surface area (Å²) in [5, 5.41) is 2.82.